The van der Waals surface area contributed by atoms with Gasteiger partial charge >= 0.3 is 0 Å². The summed E-state index contributed by atoms with van der Waals surface area (Å²) in [6.07, 6.45) is 9.67. The molecule has 6 heteroatoms. The number of aliphatic hydroxyl groups is 1. The second kappa shape index (κ2) is 12.2. The number of carbonyl (C=O) groups excluding carboxylic acids is 1. The molecule has 0 saturated heterocycles. The van der Waals surface area contributed by atoms with Gasteiger partial charge in [0, 0.05) is 35.6 Å². The van der Waals surface area contributed by atoms with Crippen LogP contribution in [0, 0.1) is 0 Å². The van der Waals surface area contributed by atoms with E-state index in [1.165, 1.54) is 13.3 Å². The van der Waals surface area contributed by atoms with Gasteiger partial charge in [-0.05, 0) is 49.1 Å². The minimum atomic E-state index is -1.42. The van der Waals surface area contributed by atoms with E-state index in [1.54, 1.807) is 24.5 Å². The van der Waals surface area contributed by atoms with E-state index in [4.69, 9.17) is 7.85 Å². The van der Waals surface area contributed by atoms with Crippen molar-refractivity contribution in [3.05, 3.63) is 60.1 Å². The van der Waals surface area contributed by atoms with Crippen molar-refractivity contribution in [2.75, 3.05) is 5.32 Å². The topological polar surface area (TPSA) is 75.1 Å². The van der Waals surface area contributed by atoms with E-state index < -0.39 is 5.50 Å². The van der Waals surface area contributed by atoms with Crippen LogP contribution in [0.5, 0.6) is 0 Å². The molecule has 5 nitrogen and oxygen atoms in total. The third-order valence-corrected chi connectivity index (χ3v) is 4.47. The number of anilines is 1. The summed E-state index contributed by atoms with van der Waals surface area (Å²) in [5.41, 5.74) is 1.65. The Balaban J connectivity index is 0.00000151. The summed E-state index contributed by atoms with van der Waals surface area (Å²) in [6.45, 7) is 15.5. The number of rotatable bonds is 7. The second-order valence-electron chi connectivity index (χ2n) is 7.60. The lowest BCUT2D eigenvalue weighted by Crippen LogP contribution is -2.30. The van der Waals surface area contributed by atoms with Crippen molar-refractivity contribution in [2.24, 2.45) is 0 Å². The Hall–Kier alpha value is -2.73. The highest BCUT2D eigenvalue weighted by Crippen LogP contribution is 2.28. The lowest BCUT2D eigenvalue weighted by Gasteiger charge is -2.25. The van der Waals surface area contributed by atoms with Crippen molar-refractivity contribution < 1.29 is 9.90 Å². The molecule has 0 aliphatic rings. The number of pyridine rings is 2. The van der Waals surface area contributed by atoms with Crippen molar-refractivity contribution in [1.29, 1.82) is 0 Å². The van der Waals surface area contributed by atoms with E-state index in [2.05, 4.69) is 35.7 Å². The first-order valence-electron chi connectivity index (χ1n) is 10.7. The van der Waals surface area contributed by atoms with Crippen molar-refractivity contribution in [2.45, 2.75) is 66.3 Å². The van der Waals surface area contributed by atoms with E-state index >= 15 is 0 Å². The van der Waals surface area contributed by atoms with Crippen LogP contribution in [-0.4, -0.2) is 34.3 Å². The molecule has 2 radical (unpaired) electrons. The molecule has 2 heterocycles. The van der Waals surface area contributed by atoms with Gasteiger partial charge in [-0.2, -0.15) is 0 Å². The van der Waals surface area contributed by atoms with Gasteiger partial charge in [0.05, 0.1) is 5.69 Å². The molecule has 2 aromatic rings. The van der Waals surface area contributed by atoms with Gasteiger partial charge in [-0.15, -0.1) is 0 Å². The third kappa shape index (κ3) is 7.80. The molecule has 0 fully saturated rings. The lowest BCUT2D eigenvalue weighted by molar-refractivity contribution is -0.114. The number of carbonyl (C=O) groups is 1. The average Bonchev–Trinajstić information content (AvgIpc) is 2.68. The van der Waals surface area contributed by atoms with E-state index in [1.807, 2.05) is 32.9 Å². The van der Waals surface area contributed by atoms with E-state index in [-0.39, 0.29) is 5.91 Å². The summed E-state index contributed by atoms with van der Waals surface area (Å²) in [5.74, 6) is 0.322. The van der Waals surface area contributed by atoms with Gasteiger partial charge in [0.2, 0.25) is 5.91 Å². The first-order chi connectivity index (χ1) is 14.6. The van der Waals surface area contributed by atoms with Gasteiger partial charge in [-0.1, -0.05) is 52.3 Å². The van der Waals surface area contributed by atoms with Crippen molar-refractivity contribution in [3.63, 3.8) is 0 Å². The SMILES string of the molecule is CCC.[B]C(O)(CCC)C(=C)/C=C(C)\C(=C/C)c1cc2cnc(NC(C)=O)cc2cn1. The number of hydrogen-bond donors (Lipinski definition) is 2. The molecular weight excluding hydrogens is 385 g/mol. The monoisotopic (exact) mass is 419 g/mol. The Bertz CT molecular complexity index is 978. The van der Waals surface area contributed by atoms with Gasteiger partial charge in [-0.25, -0.2) is 4.98 Å². The van der Waals surface area contributed by atoms with Crippen LogP contribution in [0.15, 0.2) is 54.4 Å². The minimum absolute atomic E-state index is 0.170. The molecule has 0 saturated carbocycles. The van der Waals surface area contributed by atoms with E-state index in [9.17, 15) is 9.90 Å². The quantitative estimate of drug-likeness (QED) is 0.455. The van der Waals surface area contributed by atoms with Gasteiger partial charge in [0.25, 0.3) is 0 Å². The number of aromatic nitrogens is 2. The van der Waals surface area contributed by atoms with Crippen LogP contribution in [0.1, 0.15) is 66.5 Å². The van der Waals surface area contributed by atoms with Crippen molar-refractivity contribution in [3.8, 4) is 0 Å². The number of nitrogens with zero attached hydrogens (tertiary/aromatic N) is 2. The molecule has 31 heavy (non-hydrogen) atoms. The average molecular weight is 419 g/mol. The lowest BCUT2D eigenvalue weighted by atomic mass is 9.72. The fourth-order valence-corrected chi connectivity index (χ4v) is 3.02. The van der Waals surface area contributed by atoms with Gasteiger partial charge < -0.3 is 10.4 Å². The van der Waals surface area contributed by atoms with E-state index in [0.717, 1.165) is 34.0 Å². The van der Waals surface area contributed by atoms with Gasteiger partial charge in [-0.3, -0.25) is 9.78 Å². The van der Waals surface area contributed by atoms with Crippen LogP contribution in [0.2, 0.25) is 0 Å². The van der Waals surface area contributed by atoms with Crippen molar-refractivity contribution >= 4 is 35.9 Å². The second-order valence-corrected chi connectivity index (χ2v) is 7.60. The number of amides is 1. The molecule has 1 atom stereocenters. The number of hydrogen-bond acceptors (Lipinski definition) is 4. The normalized spacial score (nSPS) is 13.8. The molecule has 164 valence electrons. The molecule has 0 bridgehead atoms. The molecule has 1 amide bonds. The maximum Gasteiger partial charge on any atom is 0.222 e. The first kappa shape index (κ1) is 26.3. The summed E-state index contributed by atoms with van der Waals surface area (Å²) < 4.78 is 0. The fourth-order valence-electron chi connectivity index (χ4n) is 3.02. The zero-order valence-corrected chi connectivity index (χ0v) is 19.6. The zero-order chi connectivity index (χ0) is 23.6. The highest BCUT2D eigenvalue weighted by molar-refractivity contribution is 6.16. The Morgan fingerprint density at radius 1 is 1.19 bits per heavy atom. The Kier molecular flexibility index (Phi) is 10.4. The summed E-state index contributed by atoms with van der Waals surface area (Å²) >= 11 is 0. The van der Waals surface area contributed by atoms with Gasteiger partial charge in [0.15, 0.2) is 0 Å². The van der Waals surface area contributed by atoms with Gasteiger partial charge in [0.1, 0.15) is 13.7 Å². The summed E-state index contributed by atoms with van der Waals surface area (Å²) in [7, 11) is 5.96. The fraction of sp³-hybridized carbons (Fsp3) is 0.400. The first-order valence-corrected chi connectivity index (χ1v) is 10.7. The predicted octanol–water partition coefficient (Wildman–Crippen LogP) is 5.57. The molecular formula is C25H34BN3O2. The maximum absolute atomic E-state index is 11.2. The minimum Gasteiger partial charge on any atom is -0.395 e. The Morgan fingerprint density at radius 2 is 1.77 bits per heavy atom. The Labute approximate surface area is 187 Å². The van der Waals surface area contributed by atoms with Crippen LogP contribution in [0.3, 0.4) is 0 Å². The summed E-state index contributed by atoms with van der Waals surface area (Å²) in [6, 6.07) is 3.72. The predicted molar refractivity (Wildman–Crippen MR) is 132 cm³/mol. The Morgan fingerprint density at radius 3 is 2.32 bits per heavy atom. The highest BCUT2D eigenvalue weighted by Gasteiger charge is 2.21. The maximum atomic E-state index is 11.2. The molecule has 2 rings (SSSR count). The molecule has 0 aromatic carbocycles. The third-order valence-electron chi connectivity index (χ3n) is 4.47. The number of fused-ring (bicyclic) bond motifs is 1. The molecule has 2 aromatic heterocycles. The van der Waals surface area contributed by atoms with Crippen LogP contribution < -0.4 is 5.32 Å². The molecule has 0 aliphatic heterocycles. The van der Waals surface area contributed by atoms with Crippen LogP contribution >= 0.6 is 0 Å². The zero-order valence-electron chi connectivity index (χ0n) is 19.6. The smallest absolute Gasteiger partial charge is 0.222 e. The highest BCUT2D eigenvalue weighted by atomic mass is 16.3. The standard InChI is InChI=1S/C22H26BN3O2.C3H8/c1-6-8-22(23,28)15(4)9-14(3)19(7-2)20-10-17-13-25-21(26-16(5)27)11-18(17)12-24-20;1-3-2/h7,9-13,28H,4,6,8H2,1-3,5H3,(H,25,26,27);3H2,1-2H3/b14-9-,19-7+;. The number of nitrogens with one attached hydrogen (secondary N) is 1. The number of allylic oxidation sites excluding steroid dienone is 3. The molecule has 1 unspecified atom stereocenters. The molecule has 0 spiro atoms. The summed E-state index contributed by atoms with van der Waals surface area (Å²) in [5, 5.41) is 14.8. The largest absolute Gasteiger partial charge is 0.395 e. The van der Waals surface area contributed by atoms with Crippen LogP contribution in [0.25, 0.3) is 16.3 Å². The van der Waals surface area contributed by atoms with Crippen molar-refractivity contribution in [1.82, 2.24) is 9.97 Å². The summed E-state index contributed by atoms with van der Waals surface area (Å²) in [4.78, 5) is 20.0. The van der Waals surface area contributed by atoms with Crippen LogP contribution in [0.4, 0.5) is 5.82 Å². The molecule has 2 N–H and O–H groups in total. The van der Waals surface area contributed by atoms with Crippen LogP contribution in [-0.2, 0) is 4.79 Å². The van der Waals surface area contributed by atoms with E-state index in [0.29, 0.717) is 17.8 Å². The molecule has 0 aliphatic carbocycles.